The summed E-state index contributed by atoms with van der Waals surface area (Å²) in [5.74, 6) is 0. The first kappa shape index (κ1) is 15.2. The number of nitrogens with zero attached hydrogens (tertiary/aromatic N) is 2. The second-order valence-electron chi connectivity index (χ2n) is 4.92. The zero-order chi connectivity index (χ0) is 14.8. The predicted octanol–water partition coefficient (Wildman–Crippen LogP) is 0.480. The summed E-state index contributed by atoms with van der Waals surface area (Å²) in [4.78, 5) is 15.9. The van der Waals surface area contributed by atoms with Crippen molar-refractivity contribution in [1.29, 1.82) is 0 Å². The number of pyridine rings is 1. The molecule has 1 aromatic heterocycles. The van der Waals surface area contributed by atoms with Gasteiger partial charge < -0.3 is 4.98 Å². The summed E-state index contributed by atoms with van der Waals surface area (Å²) in [5.41, 5.74) is -0.300. The number of hydrogen-bond acceptors (Lipinski definition) is 4. The monoisotopic (exact) mass is 299 g/mol. The van der Waals surface area contributed by atoms with Crippen LogP contribution in [0.15, 0.2) is 28.0 Å². The second kappa shape index (κ2) is 6.07. The Bertz CT molecular complexity index is 587. The van der Waals surface area contributed by atoms with Gasteiger partial charge in [0.2, 0.25) is 15.6 Å². The standard InChI is InChI=1S/C13H21N3O3S/c1-3-15(4-2)11-7-8-16(10-11)20(18,19)12-5-6-13(17)14-9-12/h5-6,9,11H,3-4,7-8,10H2,1-2H3,(H,14,17). The minimum absolute atomic E-state index is 0.150. The number of likely N-dealkylation sites (N-methyl/N-ethyl adjacent to an activating group) is 1. The van der Waals surface area contributed by atoms with Gasteiger partial charge in [-0.25, -0.2) is 8.42 Å². The number of rotatable bonds is 5. The van der Waals surface area contributed by atoms with Crippen LogP contribution in [-0.2, 0) is 10.0 Å². The van der Waals surface area contributed by atoms with Crippen LogP contribution in [0.4, 0.5) is 0 Å². The normalized spacial score (nSPS) is 20.6. The van der Waals surface area contributed by atoms with Crippen molar-refractivity contribution < 1.29 is 8.42 Å². The van der Waals surface area contributed by atoms with E-state index in [9.17, 15) is 13.2 Å². The number of aromatic amines is 1. The Morgan fingerprint density at radius 3 is 2.60 bits per heavy atom. The fraction of sp³-hybridized carbons (Fsp3) is 0.615. The maximum absolute atomic E-state index is 12.5. The molecule has 6 nitrogen and oxygen atoms in total. The minimum Gasteiger partial charge on any atom is -0.328 e. The molecule has 1 atom stereocenters. The topological polar surface area (TPSA) is 73.5 Å². The van der Waals surface area contributed by atoms with Crippen LogP contribution in [0.25, 0.3) is 0 Å². The fourth-order valence-corrected chi connectivity index (χ4v) is 4.13. The van der Waals surface area contributed by atoms with E-state index < -0.39 is 10.0 Å². The van der Waals surface area contributed by atoms with Gasteiger partial charge in [0.25, 0.3) is 0 Å². The lowest BCUT2D eigenvalue weighted by Gasteiger charge is -2.26. The third-order valence-electron chi connectivity index (χ3n) is 3.85. The largest absolute Gasteiger partial charge is 0.328 e. The van der Waals surface area contributed by atoms with Crippen LogP contribution in [0, 0.1) is 0 Å². The average Bonchev–Trinajstić information content (AvgIpc) is 2.91. The highest BCUT2D eigenvalue weighted by atomic mass is 32.2. The smallest absolute Gasteiger partial charge is 0.247 e. The van der Waals surface area contributed by atoms with Crippen molar-refractivity contribution in [2.45, 2.75) is 31.2 Å². The van der Waals surface area contributed by atoms with E-state index in [-0.39, 0.29) is 16.5 Å². The first-order valence-electron chi connectivity index (χ1n) is 6.92. The number of H-pyrrole nitrogens is 1. The van der Waals surface area contributed by atoms with Gasteiger partial charge >= 0.3 is 0 Å². The van der Waals surface area contributed by atoms with Crippen LogP contribution >= 0.6 is 0 Å². The zero-order valence-corrected chi connectivity index (χ0v) is 12.7. The molecule has 1 aliphatic heterocycles. The highest BCUT2D eigenvalue weighted by Crippen LogP contribution is 2.22. The molecule has 1 unspecified atom stereocenters. The van der Waals surface area contributed by atoms with Crippen LogP contribution in [0.5, 0.6) is 0 Å². The molecule has 0 amide bonds. The van der Waals surface area contributed by atoms with Crippen LogP contribution < -0.4 is 5.56 Å². The maximum Gasteiger partial charge on any atom is 0.247 e. The lowest BCUT2D eigenvalue weighted by Crippen LogP contribution is -2.38. The molecule has 112 valence electrons. The molecule has 0 aromatic carbocycles. The molecule has 2 rings (SSSR count). The molecule has 1 aromatic rings. The van der Waals surface area contributed by atoms with Gasteiger partial charge in [0, 0.05) is 31.4 Å². The summed E-state index contributed by atoms with van der Waals surface area (Å²) in [5, 5.41) is 0. The zero-order valence-electron chi connectivity index (χ0n) is 11.9. The number of hydrogen-bond donors (Lipinski definition) is 1. The van der Waals surface area contributed by atoms with Crippen LogP contribution in [0.3, 0.4) is 0 Å². The van der Waals surface area contributed by atoms with Gasteiger partial charge in [0.05, 0.1) is 4.90 Å². The lowest BCUT2D eigenvalue weighted by molar-refractivity contribution is 0.224. The molecule has 0 saturated carbocycles. The van der Waals surface area contributed by atoms with Gasteiger partial charge in [-0.3, -0.25) is 9.69 Å². The average molecular weight is 299 g/mol. The summed E-state index contributed by atoms with van der Waals surface area (Å²) in [6.07, 6.45) is 2.12. The van der Waals surface area contributed by atoms with Crippen molar-refractivity contribution in [2.75, 3.05) is 26.2 Å². The fourth-order valence-electron chi connectivity index (χ4n) is 2.67. The SMILES string of the molecule is CCN(CC)C1CCN(S(=O)(=O)c2ccc(=O)[nH]c2)C1. The first-order valence-corrected chi connectivity index (χ1v) is 8.36. The number of nitrogens with one attached hydrogen (secondary N) is 1. The summed E-state index contributed by atoms with van der Waals surface area (Å²) in [6.45, 7) is 7.07. The number of sulfonamides is 1. The highest BCUT2D eigenvalue weighted by molar-refractivity contribution is 7.89. The molecule has 1 N–H and O–H groups in total. The minimum atomic E-state index is -3.50. The van der Waals surface area contributed by atoms with E-state index in [0.29, 0.717) is 13.1 Å². The van der Waals surface area contributed by atoms with E-state index in [2.05, 4.69) is 23.7 Å². The van der Waals surface area contributed by atoms with E-state index in [1.807, 2.05) is 0 Å². The maximum atomic E-state index is 12.5. The van der Waals surface area contributed by atoms with Gasteiger partial charge in [-0.1, -0.05) is 13.8 Å². The van der Waals surface area contributed by atoms with Gasteiger partial charge in [-0.2, -0.15) is 4.31 Å². The molecule has 0 spiro atoms. The van der Waals surface area contributed by atoms with E-state index in [0.717, 1.165) is 19.5 Å². The van der Waals surface area contributed by atoms with E-state index in [4.69, 9.17) is 0 Å². The van der Waals surface area contributed by atoms with Gasteiger partial charge in [-0.15, -0.1) is 0 Å². The van der Waals surface area contributed by atoms with E-state index in [1.165, 1.54) is 22.6 Å². The predicted molar refractivity (Wildman–Crippen MR) is 77.1 cm³/mol. The Hall–Kier alpha value is -1.18. The van der Waals surface area contributed by atoms with Gasteiger partial charge in [0.1, 0.15) is 0 Å². The van der Waals surface area contributed by atoms with Crippen molar-refractivity contribution in [3.63, 3.8) is 0 Å². The Morgan fingerprint density at radius 2 is 2.05 bits per heavy atom. The van der Waals surface area contributed by atoms with Gasteiger partial charge in [-0.05, 0) is 25.6 Å². The molecule has 0 aliphatic carbocycles. The Morgan fingerprint density at radius 1 is 1.35 bits per heavy atom. The second-order valence-corrected chi connectivity index (χ2v) is 6.85. The van der Waals surface area contributed by atoms with E-state index >= 15 is 0 Å². The highest BCUT2D eigenvalue weighted by Gasteiger charge is 2.34. The molecular formula is C13H21N3O3S. The quantitative estimate of drug-likeness (QED) is 0.858. The van der Waals surface area contributed by atoms with Crippen molar-refractivity contribution >= 4 is 10.0 Å². The van der Waals surface area contributed by atoms with Crippen molar-refractivity contribution in [3.8, 4) is 0 Å². The molecular weight excluding hydrogens is 278 g/mol. The molecule has 1 saturated heterocycles. The van der Waals surface area contributed by atoms with Gasteiger partial charge in [0.15, 0.2) is 0 Å². The van der Waals surface area contributed by atoms with Crippen molar-refractivity contribution in [1.82, 2.24) is 14.2 Å². The Labute approximate surface area is 119 Å². The molecule has 2 heterocycles. The van der Waals surface area contributed by atoms with Crippen LogP contribution in [-0.4, -0.2) is 54.8 Å². The molecule has 1 aliphatic rings. The summed E-state index contributed by atoms with van der Waals surface area (Å²) in [7, 11) is -3.50. The molecule has 1 fully saturated rings. The Kier molecular flexibility index (Phi) is 4.62. The van der Waals surface area contributed by atoms with E-state index in [1.54, 1.807) is 0 Å². The van der Waals surface area contributed by atoms with Crippen molar-refractivity contribution in [2.24, 2.45) is 0 Å². The Balaban J connectivity index is 2.16. The molecule has 0 radical (unpaired) electrons. The summed E-state index contributed by atoms with van der Waals surface area (Å²) >= 11 is 0. The first-order chi connectivity index (χ1) is 9.48. The lowest BCUT2D eigenvalue weighted by atomic mass is 10.2. The third kappa shape index (κ3) is 2.94. The molecule has 20 heavy (non-hydrogen) atoms. The van der Waals surface area contributed by atoms with Crippen molar-refractivity contribution in [3.05, 3.63) is 28.7 Å². The van der Waals surface area contributed by atoms with Crippen LogP contribution in [0.2, 0.25) is 0 Å². The van der Waals surface area contributed by atoms with Crippen LogP contribution in [0.1, 0.15) is 20.3 Å². The molecule has 7 heteroatoms. The third-order valence-corrected chi connectivity index (χ3v) is 5.71. The summed E-state index contributed by atoms with van der Waals surface area (Å²) < 4.78 is 26.5. The summed E-state index contributed by atoms with van der Waals surface area (Å²) in [6, 6.07) is 2.88. The number of aromatic nitrogens is 1. The molecule has 0 bridgehead atoms.